The summed E-state index contributed by atoms with van der Waals surface area (Å²) in [4.78, 5) is 28.2. The minimum Gasteiger partial charge on any atom is -0.480 e. The van der Waals surface area contributed by atoms with Gasteiger partial charge in [0.2, 0.25) is 0 Å². The van der Waals surface area contributed by atoms with Crippen molar-refractivity contribution in [2.75, 3.05) is 11.4 Å². The Balaban J connectivity index is 3.19. The SMILES string of the molecule is CCn1ccnc(N(CC(=O)O)C(C)C)c1=O. The van der Waals surface area contributed by atoms with Crippen LogP contribution in [0.15, 0.2) is 17.2 Å². The highest BCUT2D eigenvalue weighted by Crippen LogP contribution is 2.07. The summed E-state index contributed by atoms with van der Waals surface area (Å²) < 4.78 is 1.50. The van der Waals surface area contributed by atoms with E-state index in [1.54, 1.807) is 6.20 Å². The number of aryl methyl sites for hydroxylation is 1. The first-order valence-corrected chi connectivity index (χ1v) is 5.51. The molecule has 0 fully saturated rings. The van der Waals surface area contributed by atoms with E-state index in [9.17, 15) is 9.59 Å². The van der Waals surface area contributed by atoms with Crippen molar-refractivity contribution in [3.05, 3.63) is 22.7 Å². The van der Waals surface area contributed by atoms with Gasteiger partial charge in [0, 0.05) is 25.0 Å². The Morgan fingerprint density at radius 3 is 2.71 bits per heavy atom. The Hall–Kier alpha value is -1.85. The van der Waals surface area contributed by atoms with Gasteiger partial charge in [-0.05, 0) is 20.8 Å². The zero-order valence-electron chi connectivity index (χ0n) is 10.3. The van der Waals surface area contributed by atoms with Crippen LogP contribution in [0, 0.1) is 0 Å². The third-order valence-corrected chi connectivity index (χ3v) is 2.44. The molecule has 0 aliphatic heterocycles. The second-order valence-electron chi connectivity index (χ2n) is 3.96. The molecule has 0 saturated carbocycles. The summed E-state index contributed by atoms with van der Waals surface area (Å²) in [5, 5.41) is 8.83. The maximum atomic E-state index is 12.0. The van der Waals surface area contributed by atoms with E-state index in [2.05, 4.69) is 4.98 Å². The van der Waals surface area contributed by atoms with Crippen LogP contribution < -0.4 is 10.5 Å². The molecule has 0 aliphatic rings. The van der Waals surface area contributed by atoms with Crippen LogP contribution in [0.25, 0.3) is 0 Å². The molecule has 17 heavy (non-hydrogen) atoms. The van der Waals surface area contributed by atoms with Gasteiger partial charge in [-0.3, -0.25) is 9.59 Å². The van der Waals surface area contributed by atoms with Crippen LogP contribution in [0.2, 0.25) is 0 Å². The van der Waals surface area contributed by atoms with Gasteiger partial charge in [-0.25, -0.2) is 4.98 Å². The standard InChI is InChI=1S/C11H17N3O3/c1-4-13-6-5-12-10(11(13)17)14(8(2)3)7-9(15)16/h5-6,8H,4,7H2,1-3H3,(H,15,16). The Morgan fingerprint density at radius 2 is 2.24 bits per heavy atom. The number of aromatic nitrogens is 2. The van der Waals surface area contributed by atoms with Crippen molar-refractivity contribution in [2.24, 2.45) is 0 Å². The second-order valence-corrected chi connectivity index (χ2v) is 3.96. The molecule has 0 saturated heterocycles. The molecule has 0 atom stereocenters. The summed E-state index contributed by atoms with van der Waals surface area (Å²) in [5.41, 5.74) is -0.259. The number of carbonyl (C=O) groups is 1. The average Bonchev–Trinajstić information content (AvgIpc) is 2.26. The average molecular weight is 239 g/mol. The highest BCUT2D eigenvalue weighted by atomic mass is 16.4. The number of nitrogens with zero attached hydrogens (tertiary/aromatic N) is 3. The minimum atomic E-state index is -0.980. The van der Waals surface area contributed by atoms with Crippen LogP contribution in [0.5, 0.6) is 0 Å². The van der Waals surface area contributed by atoms with Crippen LogP contribution in [-0.4, -0.2) is 33.2 Å². The fraction of sp³-hybridized carbons (Fsp3) is 0.545. The van der Waals surface area contributed by atoms with Crippen molar-refractivity contribution in [3.63, 3.8) is 0 Å². The zero-order chi connectivity index (χ0) is 13.0. The van der Waals surface area contributed by atoms with Gasteiger partial charge >= 0.3 is 5.97 Å². The molecule has 0 unspecified atom stereocenters. The lowest BCUT2D eigenvalue weighted by Crippen LogP contribution is -2.41. The molecule has 0 spiro atoms. The van der Waals surface area contributed by atoms with Gasteiger partial charge < -0.3 is 14.6 Å². The van der Waals surface area contributed by atoms with Gasteiger partial charge in [0.15, 0.2) is 5.82 Å². The number of hydrogen-bond donors (Lipinski definition) is 1. The number of rotatable bonds is 5. The smallest absolute Gasteiger partial charge is 0.323 e. The number of hydrogen-bond acceptors (Lipinski definition) is 4. The summed E-state index contributed by atoms with van der Waals surface area (Å²) >= 11 is 0. The molecule has 94 valence electrons. The van der Waals surface area contributed by atoms with Crippen LogP contribution in [0.4, 0.5) is 5.82 Å². The summed E-state index contributed by atoms with van der Waals surface area (Å²) in [6.45, 7) is 5.81. The van der Waals surface area contributed by atoms with Crippen molar-refractivity contribution < 1.29 is 9.90 Å². The third-order valence-electron chi connectivity index (χ3n) is 2.44. The molecule has 0 aromatic carbocycles. The lowest BCUT2D eigenvalue weighted by molar-refractivity contribution is -0.135. The van der Waals surface area contributed by atoms with E-state index in [0.717, 1.165) is 0 Å². The Kier molecular flexibility index (Phi) is 4.25. The number of carboxylic acid groups (broad SMARTS) is 1. The summed E-state index contributed by atoms with van der Waals surface area (Å²) in [6, 6.07) is -0.0981. The topological polar surface area (TPSA) is 75.4 Å². The van der Waals surface area contributed by atoms with Crippen molar-refractivity contribution >= 4 is 11.8 Å². The summed E-state index contributed by atoms with van der Waals surface area (Å²) in [6.07, 6.45) is 3.10. The molecule has 1 aromatic heterocycles. The van der Waals surface area contributed by atoms with Gasteiger partial charge in [-0.1, -0.05) is 0 Å². The number of carboxylic acids is 1. The molecule has 1 aromatic rings. The third kappa shape index (κ3) is 3.05. The van der Waals surface area contributed by atoms with E-state index >= 15 is 0 Å². The van der Waals surface area contributed by atoms with E-state index in [1.807, 2.05) is 20.8 Å². The predicted octanol–water partition coefficient (Wildman–Crippen LogP) is 0.563. The van der Waals surface area contributed by atoms with Crippen molar-refractivity contribution in [2.45, 2.75) is 33.4 Å². The second kappa shape index (κ2) is 5.47. The molecule has 0 aliphatic carbocycles. The van der Waals surface area contributed by atoms with Crippen LogP contribution in [-0.2, 0) is 11.3 Å². The predicted molar refractivity (Wildman–Crippen MR) is 64.3 cm³/mol. The molecule has 1 heterocycles. The minimum absolute atomic E-state index is 0.0981. The first-order chi connectivity index (χ1) is 7.97. The lowest BCUT2D eigenvalue weighted by atomic mass is 10.3. The lowest BCUT2D eigenvalue weighted by Gasteiger charge is -2.25. The first-order valence-electron chi connectivity index (χ1n) is 5.51. The molecular weight excluding hydrogens is 222 g/mol. The molecule has 6 heteroatoms. The van der Waals surface area contributed by atoms with E-state index in [4.69, 9.17) is 5.11 Å². The van der Waals surface area contributed by atoms with Crippen LogP contribution in [0.3, 0.4) is 0 Å². The molecule has 0 radical (unpaired) electrons. The van der Waals surface area contributed by atoms with Crippen molar-refractivity contribution in [3.8, 4) is 0 Å². The fourth-order valence-electron chi connectivity index (χ4n) is 1.53. The van der Waals surface area contributed by atoms with Gasteiger partial charge in [0.05, 0.1) is 0 Å². The van der Waals surface area contributed by atoms with Gasteiger partial charge in [-0.15, -0.1) is 0 Å². The first kappa shape index (κ1) is 13.2. The molecule has 0 amide bonds. The monoisotopic (exact) mass is 239 g/mol. The summed E-state index contributed by atoms with van der Waals surface area (Å²) in [7, 11) is 0. The quantitative estimate of drug-likeness (QED) is 0.812. The van der Waals surface area contributed by atoms with Crippen LogP contribution >= 0.6 is 0 Å². The molecule has 1 N–H and O–H groups in total. The zero-order valence-corrected chi connectivity index (χ0v) is 10.3. The normalized spacial score (nSPS) is 10.6. The van der Waals surface area contributed by atoms with Crippen LogP contribution in [0.1, 0.15) is 20.8 Å². The highest BCUT2D eigenvalue weighted by Gasteiger charge is 2.19. The molecule has 1 rings (SSSR count). The Bertz CT molecular complexity index is 454. The molecule has 0 bridgehead atoms. The van der Waals surface area contributed by atoms with E-state index in [-0.39, 0.29) is 24.0 Å². The van der Waals surface area contributed by atoms with Crippen molar-refractivity contribution in [1.29, 1.82) is 0 Å². The Morgan fingerprint density at radius 1 is 1.59 bits per heavy atom. The number of anilines is 1. The molecule has 6 nitrogen and oxygen atoms in total. The van der Waals surface area contributed by atoms with Gasteiger partial charge in [0.25, 0.3) is 5.56 Å². The van der Waals surface area contributed by atoms with Gasteiger partial charge in [-0.2, -0.15) is 0 Å². The van der Waals surface area contributed by atoms with E-state index in [1.165, 1.54) is 15.7 Å². The number of aliphatic carboxylic acids is 1. The maximum Gasteiger partial charge on any atom is 0.323 e. The molecular formula is C11H17N3O3. The largest absolute Gasteiger partial charge is 0.480 e. The van der Waals surface area contributed by atoms with E-state index < -0.39 is 5.97 Å². The Labute approximate surface area is 99.5 Å². The van der Waals surface area contributed by atoms with Gasteiger partial charge in [0.1, 0.15) is 6.54 Å². The van der Waals surface area contributed by atoms with E-state index in [0.29, 0.717) is 6.54 Å². The van der Waals surface area contributed by atoms with Crippen molar-refractivity contribution in [1.82, 2.24) is 9.55 Å². The highest BCUT2D eigenvalue weighted by molar-refractivity contribution is 5.73. The summed E-state index contributed by atoms with van der Waals surface area (Å²) in [5.74, 6) is -0.793. The maximum absolute atomic E-state index is 12.0. The fourth-order valence-corrected chi connectivity index (χ4v) is 1.53.